The molecule has 0 saturated heterocycles. The lowest BCUT2D eigenvalue weighted by atomic mass is 10.0. The number of hydrogen-bond acceptors (Lipinski definition) is 3. The van der Waals surface area contributed by atoms with Crippen molar-refractivity contribution in [3.8, 4) is 5.75 Å². The third-order valence-electron chi connectivity index (χ3n) is 2.68. The quantitative estimate of drug-likeness (QED) is 0.934. The van der Waals surface area contributed by atoms with Crippen LogP contribution in [0.15, 0.2) is 36.7 Å². The van der Waals surface area contributed by atoms with Crippen LogP contribution in [-0.4, -0.2) is 16.2 Å². The first-order valence-corrected chi connectivity index (χ1v) is 6.60. The smallest absolute Gasteiger partial charge is 0.141 e. The minimum absolute atomic E-state index is 0.0180. The van der Waals surface area contributed by atoms with Gasteiger partial charge in [-0.25, -0.2) is 4.39 Å². The highest BCUT2D eigenvalue weighted by Gasteiger charge is 2.14. The van der Waals surface area contributed by atoms with E-state index in [1.165, 1.54) is 24.4 Å². The number of pyridine rings is 1. The van der Waals surface area contributed by atoms with Crippen LogP contribution in [0.5, 0.6) is 5.75 Å². The molecule has 2 aromatic rings. The van der Waals surface area contributed by atoms with E-state index < -0.39 is 11.9 Å². The molecule has 0 aliphatic rings. The van der Waals surface area contributed by atoms with E-state index in [4.69, 9.17) is 16.3 Å². The third kappa shape index (κ3) is 3.46. The molecule has 1 atom stereocenters. The largest absolute Gasteiger partial charge is 0.489 e. The Balaban J connectivity index is 2.28. The fourth-order valence-electron chi connectivity index (χ4n) is 1.80. The van der Waals surface area contributed by atoms with E-state index in [0.717, 1.165) is 0 Å². The van der Waals surface area contributed by atoms with Gasteiger partial charge in [-0.15, -0.1) is 0 Å². The summed E-state index contributed by atoms with van der Waals surface area (Å²) in [6.07, 6.45) is 2.20. The molecule has 106 valence electrons. The lowest BCUT2D eigenvalue weighted by Gasteiger charge is -2.14. The second kappa shape index (κ2) is 6.20. The normalized spacial score (nSPS) is 12.5. The molecule has 20 heavy (non-hydrogen) atoms. The van der Waals surface area contributed by atoms with Crippen molar-refractivity contribution in [1.82, 2.24) is 4.98 Å². The van der Waals surface area contributed by atoms with E-state index in [0.29, 0.717) is 16.9 Å². The lowest BCUT2D eigenvalue weighted by Crippen LogP contribution is -2.07. The molecular formula is C15H15ClFNO2. The summed E-state index contributed by atoms with van der Waals surface area (Å²) in [6, 6.07) is 5.82. The van der Waals surface area contributed by atoms with Gasteiger partial charge in [0.2, 0.25) is 0 Å². The Hall–Kier alpha value is -1.65. The predicted molar refractivity (Wildman–Crippen MR) is 75.5 cm³/mol. The fourth-order valence-corrected chi connectivity index (χ4v) is 1.99. The fraction of sp³-hybridized carbons (Fsp3) is 0.267. The zero-order chi connectivity index (χ0) is 14.7. The summed E-state index contributed by atoms with van der Waals surface area (Å²) < 4.78 is 18.7. The maximum atomic E-state index is 13.1. The highest BCUT2D eigenvalue weighted by molar-refractivity contribution is 6.30. The van der Waals surface area contributed by atoms with E-state index >= 15 is 0 Å². The molecule has 0 aliphatic carbocycles. The van der Waals surface area contributed by atoms with Crippen LogP contribution >= 0.6 is 11.6 Å². The summed E-state index contributed by atoms with van der Waals surface area (Å²) in [6.45, 7) is 3.81. The molecule has 0 aliphatic heterocycles. The van der Waals surface area contributed by atoms with Gasteiger partial charge in [-0.2, -0.15) is 0 Å². The number of aliphatic hydroxyl groups is 1. The molecule has 0 spiro atoms. The summed E-state index contributed by atoms with van der Waals surface area (Å²) in [4.78, 5) is 4.03. The second-order valence-electron chi connectivity index (χ2n) is 4.70. The van der Waals surface area contributed by atoms with Crippen molar-refractivity contribution in [3.63, 3.8) is 0 Å². The Morgan fingerprint density at radius 2 is 1.95 bits per heavy atom. The maximum Gasteiger partial charge on any atom is 0.141 e. The molecule has 0 amide bonds. The number of nitrogens with zero attached hydrogens (tertiary/aromatic N) is 1. The molecule has 0 fully saturated rings. The van der Waals surface area contributed by atoms with Crippen molar-refractivity contribution in [2.24, 2.45) is 0 Å². The number of ether oxygens (including phenoxy) is 1. The van der Waals surface area contributed by atoms with Crippen molar-refractivity contribution < 1.29 is 14.2 Å². The van der Waals surface area contributed by atoms with E-state index in [1.807, 2.05) is 13.8 Å². The summed E-state index contributed by atoms with van der Waals surface area (Å²) in [5, 5.41) is 10.3. The molecule has 0 bridgehead atoms. The minimum Gasteiger partial charge on any atom is -0.489 e. The first-order chi connectivity index (χ1) is 9.47. The van der Waals surface area contributed by atoms with Crippen molar-refractivity contribution >= 4 is 11.6 Å². The Kier molecular flexibility index (Phi) is 4.57. The monoisotopic (exact) mass is 295 g/mol. The van der Waals surface area contributed by atoms with E-state index in [-0.39, 0.29) is 11.1 Å². The summed E-state index contributed by atoms with van der Waals surface area (Å²) in [5.74, 6) is 0.0578. The standard InChI is InChI=1S/C15H15ClFNO2/c1-9(2)20-12-5-11(7-18-8-12)15(19)10-3-4-14(17)13(16)6-10/h3-9,15,19H,1-2H3. The molecule has 2 rings (SSSR count). The van der Waals surface area contributed by atoms with E-state index in [2.05, 4.69) is 4.98 Å². The van der Waals surface area contributed by atoms with Gasteiger partial charge in [0.15, 0.2) is 0 Å². The van der Waals surface area contributed by atoms with Crippen LogP contribution in [0.3, 0.4) is 0 Å². The topological polar surface area (TPSA) is 42.4 Å². The maximum absolute atomic E-state index is 13.1. The number of benzene rings is 1. The van der Waals surface area contributed by atoms with Crippen molar-refractivity contribution in [3.05, 3.63) is 58.6 Å². The first kappa shape index (κ1) is 14.8. The summed E-state index contributed by atoms with van der Waals surface area (Å²) in [7, 11) is 0. The minimum atomic E-state index is -0.934. The van der Waals surface area contributed by atoms with E-state index in [1.54, 1.807) is 12.3 Å². The van der Waals surface area contributed by atoms with Gasteiger partial charge in [0.25, 0.3) is 0 Å². The van der Waals surface area contributed by atoms with Gasteiger partial charge in [-0.3, -0.25) is 4.98 Å². The lowest BCUT2D eigenvalue weighted by molar-refractivity contribution is 0.215. The second-order valence-corrected chi connectivity index (χ2v) is 5.10. The predicted octanol–water partition coefficient (Wildman–Crippen LogP) is 3.74. The molecule has 0 radical (unpaired) electrons. The van der Waals surface area contributed by atoms with Crippen LogP contribution < -0.4 is 4.74 Å². The van der Waals surface area contributed by atoms with Crippen molar-refractivity contribution in [2.75, 3.05) is 0 Å². The molecule has 1 unspecified atom stereocenters. The molecular weight excluding hydrogens is 281 g/mol. The van der Waals surface area contributed by atoms with Gasteiger partial charge in [-0.05, 0) is 37.6 Å². The molecule has 5 heteroatoms. The van der Waals surface area contributed by atoms with Crippen molar-refractivity contribution in [2.45, 2.75) is 26.1 Å². The molecule has 1 aromatic heterocycles. The van der Waals surface area contributed by atoms with E-state index in [9.17, 15) is 9.50 Å². The molecule has 1 aromatic carbocycles. The van der Waals surface area contributed by atoms with Gasteiger partial charge in [0, 0.05) is 11.8 Å². The zero-order valence-electron chi connectivity index (χ0n) is 11.2. The molecule has 1 N–H and O–H groups in total. The Labute approximate surface area is 122 Å². The van der Waals surface area contributed by atoms with Gasteiger partial charge in [-0.1, -0.05) is 17.7 Å². The van der Waals surface area contributed by atoms with Crippen LogP contribution in [0.4, 0.5) is 4.39 Å². The number of halogens is 2. The SMILES string of the molecule is CC(C)Oc1cncc(C(O)c2ccc(F)c(Cl)c2)c1. The van der Waals surface area contributed by atoms with Crippen LogP contribution in [0.1, 0.15) is 31.1 Å². The van der Waals surface area contributed by atoms with Crippen LogP contribution in [0.2, 0.25) is 5.02 Å². The van der Waals surface area contributed by atoms with Crippen LogP contribution in [0.25, 0.3) is 0 Å². The van der Waals surface area contributed by atoms with Gasteiger partial charge in [0.1, 0.15) is 17.7 Å². The zero-order valence-corrected chi connectivity index (χ0v) is 11.9. The molecule has 3 nitrogen and oxygen atoms in total. The Morgan fingerprint density at radius 1 is 1.20 bits per heavy atom. The van der Waals surface area contributed by atoms with Gasteiger partial charge >= 0.3 is 0 Å². The summed E-state index contributed by atoms with van der Waals surface area (Å²) >= 11 is 5.72. The van der Waals surface area contributed by atoms with Crippen molar-refractivity contribution in [1.29, 1.82) is 0 Å². The first-order valence-electron chi connectivity index (χ1n) is 6.22. The average Bonchev–Trinajstić information content (AvgIpc) is 2.40. The average molecular weight is 296 g/mol. The Morgan fingerprint density at radius 3 is 2.60 bits per heavy atom. The molecule has 0 saturated carbocycles. The highest BCUT2D eigenvalue weighted by Crippen LogP contribution is 2.27. The third-order valence-corrected chi connectivity index (χ3v) is 2.97. The summed E-state index contributed by atoms with van der Waals surface area (Å²) in [5.41, 5.74) is 1.06. The number of hydrogen-bond donors (Lipinski definition) is 1. The Bertz CT molecular complexity index is 604. The number of aliphatic hydroxyl groups excluding tert-OH is 1. The van der Waals surface area contributed by atoms with Gasteiger partial charge < -0.3 is 9.84 Å². The highest BCUT2D eigenvalue weighted by atomic mass is 35.5. The number of aromatic nitrogens is 1. The number of rotatable bonds is 4. The van der Waals surface area contributed by atoms with Crippen LogP contribution in [0, 0.1) is 5.82 Å². The van der Waals surface area contributed by atoms with Crippen LogP contribution in [-0.2, 0) is 0 Å². The van der Waals surface area contributed by atoms with Gasteiger partial charge in [0.05, 0.1) is 17.3 Å². The molecule has 1 heterocycles.